The van der Waals surface area contributed by atoms with Gasteiger partial charge in [-0.05, 0) is 24.3 Å². The molecule has 0 atom stereocenters. The maximum absolute atomic E-state index is 13.2. The number of halogens is 1. The summed E-state index contributed by atoms with van der Waals surface area (Å²) in [5, 5.41) is 1.67. The molecule has 0 saturated heterocycles. The van der Waals surface area contributed by atoms with Crippen LogP contribution in [0.5, 0.6) is 0 Å². The summed E-state index contributed by atoms with van der Waals surface area (Å²) < 4.78 is 18.7. The highest BCUT2D eigenvalue weighted by atomic mass is 31.2. The van der Waals surface area contributed by atoms with Crippen LogP contribution in [0, 0.1) is 5.82 Å². The van der Waals surface area contributed by atoms with Gasteiger partial charge in [0.1, 0.15) is 17.0 Å². The minimum absolute atomic E-state index is 0.342. The van der Waals surface area contributed by atoms with Gasteiger partial charge < -0.3 is 14.2 Å². The number of hydrogen-bond acceptors (Lipinski definition) is 3. The Balaban J connectivity index is 2.47. The number of furan rings is 1. The molecule has 0 aliphatic rings. The fourth-order valence-electron chi connectivity index (χ4n) is 1.91. The Bertz CT molecular complexity index is 705. The molecule has 2 aromatic carbocycles. The van der Waals surface area contributed by atoms with E-state index < -0.39 is 8.38 Å². The number of benzene rings is 2. The van der Waals surface area contributed by atoms with Gasteiger partial charge in [-0.1, -0.05) is 12.1 Å². The summed E-state index contributed by atoms with van der Waals surface area (Å²) in [4.78, 5) is 18.6. The normalized spacial score (nSPS) is 11.8. The molecule has 0 spiro atoms. The summed E-state index contributed by atoms with van der Waals surface area (Å²) in [5.74, 6) is -0.346. The van der Waals surface area contributed by atoms with Crippen molar-refractivity contribution in [1.82, 2.24) is 0 Å². The van der Waals surface area contributed by atoms with Crippen LogP contribution in [-0.4, -0.2) is 9.79 Å². The minimum Gasteiger partial charge on any atom is -0.455 e. The Labute approximate surface area is 97.0 Å². The molecule has 1 aromatic heterocycles. The average Bonchev–Trinajstić information content (AvgIpc) is 2.66. The van der Waals surface area contributed by atoms with E-state index in [2.05, 4.69) is 0 Å². The second kappa shape index (κ2) is 3.77. The highest BCUT2D eigenvalue weighted by Crippen LogP contribution is 2.33. The van der Waals surface area contributed by atoms with Crippen molar-refractivity contribution >= 4 is 35.6 Å². The molecule has 17 heavy (non-hydrogen) atoms. The van der Waals surface area contributed by atoms with Gasteiger partial charge in [-0.3, -0.25) is 0 Å². The van der Waals surface area contributed by atoms with E-state index >= 15 is 0 Å². The largest absolute Gasteiger partial charge is 0.455 e. The van der Waals surface area contributed by atoms with Crippen LogP contribution in [0.1, 0.15) is 0 Å². The Morgan fingerprint density at radius 1 is 1.06 bits per heavy atom. The molecule has 0 radical (unpaired) electrons. The Morgan fingerprint density at radius 2 is 1.88 bits per heavy atom. The predicted molar refractivity (Wildman–Crippen MR) is 64.7 cm³/mol. The van der Waals surface area contributed by atoms with E-state index in [-0.39, 0.29) is 5.82 Å². The first kappa shape index (κ1) is 10.7. The molecule has 3 nitrogen and oxygen atoms in total. The summed E-state index contributed by atoms with van der Waals surface area (Å²) in [6.07, 6.45) is 0. The first-order valence-corrected chi connectivity index (χ1v) is 6.20. The van der Waals surface area contributed by atoms with Gasteiger partial charge >= 0.3 is 0 Å². The lowest BCUT2D eigenvalue weighted by Gasteiger charge is -2.01. The molecule has 3 rings (SSSR count). The highest BCUT2D eigenvalue weighted by molar-refractivity contribution is 7.54. The third kappa shape index (κ3) is 1.62. The van der Waals surface area contributed by atoms with E-state index in [0.717, 1.165) is 0 Å². The number of rotatable bonds is 1. The van der Waals surface area contributed by atoms with E-state index in [0.29, 0.717) is 27.2 Å². The van der Waals surface area contributed by atoms with Gasteiger partial charge in [0.15, 0.2) is 0 Å². The van der Waals surface area contributed by atoms with Crippen molar-refractivity contribution in [3.8, 4) is 0 Å². The van der Waals surface area contributed by atoms with Crippen molar-refractivity contribution in [3.63, 3.8) is 0 Å². The van der Waals surface area contributed by atoms with Crippen LogP contribution < -0.4 is 5.30 Å². The molecule has 0 fully saturated rings. The standard InChI is InChI=1S/C12H8FO3P/c13-7-4-5-10-9(6-7)8-2-1-3-11(17(14)15)12(8)16-10/h1-6,14-15H. The predicted octanol–water partition coefficient (Wildman–Crippen LogP) is 2.65. The van der Waals surface area contributed by atoms with Gasteiger partial charge in [-0.2, -0.15) is 0 Å². The van der Waals surface area contributed by atoms with Crippen molar-refractivity contribution < 1.29 is 18.6 Å². The lowest BCUT2D eigenvalue weighted by molar-refractivity contribution is 0.496. The quantitative estimate of drug-likeness (QED) is 0.653. The summed E-state index contributed by atoms with van der Waals surface area (Å²) in [6, 6.07) is 9.27. The zero-order valence-electron chi connectivity index (χ0n) is 8.59. The summed E-state index contributed by atoms with van der Waals surface area (Å²) in [7, 11) is -2.23. The molecule has 86 valence electrons. The molecule has 1 heterocycles. The van der Waals surface area contributed by atoms with Crippen LogP contribution in [0.15, 0.2) is 40.8 Å². The average molecular weight is 250 g/mol. The summed E-state index contributed by atoms with van der Waals surface area (Å²) >= 11 is 0. The molecular weight excluding hydrogens is 242 g/mol. The fourth-order valence-corrected chi connectivity index (χ4v) is 2.48. The number of para-hydroxylation sites is 1. The van der Waals surface area contributed by atoms with E-state index in [4.69, 9.17) is 4.42 Å². The smallest absolute Gasteiger partial charge is 0.203 e. The van der Waals surface area contributed by atoms with Crippen LogP contribution in [0.2, 0.25) is 0 Å². The third-order valence-electron chi connectivity index (χ3n) is 2.65. The highest BCUT2D eigenvalue weighted by Gasteiger charge is 2.15. The number of fused-ring (bicyclic) bond motifs is 3. The van der Waals surface area contributed by atoms with Crippen molar-refractivity contribution in [2.45, 2.75) is 0 Å². The lowest BCUT2D eigenvalue weighted by Crippen LogP contribution is -1.99. The molecule has 0 bridgehead atoms. The molecule has 0 unspecified atom stereocenters. The van der Waals surface area contributed by atoms with Crippen molar-refractivity contribution in [2.24, 2.45) is 0 Å². The second-order valence-corrected chi connectivity index (χ2v) is 4.75. The first-order chi connectivity index (χ1) is 8.16. The summed E-state index contributed by atoms with van der Waals surface area (Å²) in [5.41, 5.74) is 0.940. The topological polar surface area (TPSA) is 53.6 Å². The monoisotopic (exact) mass is 250 g/mol. The maximum atomic E-state index is 13.2. The van der Waals surface area contributed by atoms with E-state index in [1.54, 1.807) is 18.2 Å². The molecule has 0 aliphatic carbocycles. The zero-order valence-corrected chi connectivity index (χ0v) is 9.49. The lowest BCUT2D eigenvalue weighted by atomic mass is 10.1. The van der Waals surface area contributed by atoms with Crippen molar-refractivity contribution in [3.05, 3.63) is 42.2 Å². The summed E-state index contributed by atoms with van der Waals surface area (Å²) in [6.45, 7) is 0. The van der Waals surface area contributed by atoms with Gasteiger partial charge in [0.05, 0.1) is 5.30 Å². The van der Waals surface area contributed by atoms with Gasteiger partial charge in [0, 0.05) is 10.8 Å². The maximum Gasteiger partial charge on any atom is 0.203 e. The van der Waals surface area contributed by atoms with E-state index in [1.807, 2.05) is 0 Å². The van der Waals surface area contributed by atoms with E-state index in [1.165, 1.54) is 18.2 Å². The first-order valence-electron chi connectivity index (χ1n) is 4.95. The van der Waals surface area contributed by atoms with Gasteiger partial charge in [-0.25, -0.2) is 4.39 Å². The Kier molecular flexibility index (Phi) is 2.37. The molecule has 0 aliphatic heterocycles. The Hall–Kier alpha value is -1.48. The molecule has 0 saturated carbocycles. The van der Waals surface area contributed by atoms with Gasteiger partial charge in [0.2, 0.25) is 8.38 Å². The molecule has 0 amide bonds. The SMILES string of the molecule is OP(O)c1cccc2c1oc1ccc(F)cc12. The van der Waals surface area contributed by atoms with Crippen LogP contribution in [0.25, 0.3) is 21.9 Å². The third-order valence-corrected chi connectivity index (χ3v) is 3.44. The minimum atomic E-state index is -2.23. The van der Waals surface area contributed by atoms with Crippen LogP contribution >= 0.6 is 8.38 Å². The molecule has 2 N–H and O–H groups in total. The zero-order chi connectivity index (χ0) is 12.0. The van der Waals surface area contributed by atoms with Gasteiger partial charge in [0.25, 0.3) is 0 Å². The number of hydrogen-bond donors (Lipinski definition) is 2. The van der Waals surface area contributed by atoms with Crippen molar-refractivity contribution in [2.75, 3.05) is 0 Å². The Morgan fingerprint density at radius 3 is 2.65 bits per heavy atom. The van der Waals surface area contributed by atoms with Crippen molar-refractivity contribution in [1.29, 1.82) is 0 Å². The van der Waals surface area contributed by atoms with Crippen LogP contribution in [0.3, 0.4) is 0 Å². The molecule has 3 aromatic rings. The van der Waals surface area contributed by atoms with Crippen LogP contribution in [0.4, 0.5) is 4.39 Å². The second-order valence-electron chi connectivity index (χ2n) is 3.69. The van der Waals surface area contributed by atoms with Crippen LogP contribution in [-0.2, 0) is 0 Å². The van der Waals surface area contributed by atoms with E-state index in [9.17, 15) is 14.2 Å². The van der Waals surface area contributed by atoms with Gasteiger partial charge in [-0.15, -0.1) is 0 Å². The molecular formula is C12H8FO3P. The fraction of sp³-hybridized carbons (Fsp3) is 0. The molecule has 5 heteroatoms.